The zero-order chi connectivity index (χ0) is 20.5. The number of likely N-dealkylation sites (N-methyl/N-ethyl adjacent to an activating group) is 1. The van der Waals surface area contributed by atoms with Crippen LogP contribution in [0.1, 0.15) is 5.56 Å². The molecule has 0 aliphatic heterocycles. The average molecular weight is 406 g/mol. The fourth-order valence-corrected chi connectivity index (χ4v) is 2.65. The summed E-state index contributed by atoms with van der Waals surface area (Å²) in [5.41, 5.74) is 1.54. The van der Waals surface area contributed by atoms with E-state index in [0.717, 1.165) is 5.56 Å². The topological polar surface area (TPSA) is 79.9 Å². The van der Waals surface area contributed by atoms with Gasteiger partial charge in [0.1, 0.15) is 0 Å². The highest BCUT2D eigenvalue weighted by molar-refractivity contribution is 6.30. The average Bonchev–Trinajstić information content (AvgIpc) is 2.67. The van der Waals surface area contributed by atoms with Crippen molar-refractivity contribution >= 4 is 29.1 Å². The Morgan fingerprint density at radius 2 is 1.61 bits per heavy atom. The van der Waals surface area contributed by atoms with Gasteiger partial charge in [-0.15, -0.1) is 0 Å². The summed E-state index contributed by atoms with van der Waals surface area (Å²) in [6, 6.07) is 12.3. The zero-order valence-corrected chi connectivity index (χ0v) is 16.9. The van der Waals surface area contributed by atoms with E-state index in [-0.39, 0.29) is 24.9 Å². The smallest absolute Gasteiger partial charge is 0.238 e. The first-order chi connectivity index (χ1) is 13.4. The van der Waals surface area contributed by atoms with E-state index in [4.69, 9.17) is 21.1 Å². The van der Waals surface area contributed by atoms with Crippen LogP contribution in [0, 0.1) is 0 Å². The van der Waals surface area contributed by atoms with Crippen LogP contribution in [0.2, 0.25) is 5.02 Å². The number of ether oxygens (including phenoxy) is 2. The SMILES string of the molecule is COc1ccc(CNC(=O)CN(C)CC(=O)Nc2ccc(Cl)cc2)cc1OC. The van der Waals surface area contributed by atoms with Gasteiger partial charge in [-0.2, -0.15) is 0 Å². The summed E-state index contributed by atoms with van der Waals surface area (Å²) in [5, 5.41) is 6.18. The van der Waals surface area contributed by atoms with Gasteiger partial charge >= 0.3 is 0 Å². The van der Waals surface area contributed by atoms with E-state index in [0.29, 0.717) is 28.8 Å². The minimum Gasteiger partial charge on any atom is -0.493 e. The maximum Gasteiger partial charge on any atom is 0.238 e. The van der Waals surface area contributed by atoms with E-state index in [1.165, 1.54) is 0 Å². The lowest BCUT2D eigenvalue weighted by molar-refractivity contribution is -0.123. The Morgan fingerprint density at radius 3 is 2.25 bits per heavy atom. The highest BCUT2D eigenvalue weighted by Gasteiger charge is 2.11. The van der Waals surface area contributed by atoms with Crippen LogP contribution in [-0.4, -0.2) is 51.1 Å². The monoisotopic (exact) mass is 405 g/mol. The maximum atomic E-state index is 12.1. The Bertz CT molecular complexity index is 812. The summed E-state index contributed by atoms with van der Waals surface area (Å²) in [6.45, 7) is 0.539. The number of amides is 2. The van der Waals surface area contributed by atoms with Crippen molar-refractivity contribution in [1.29, 1.82) is 0 Å². The molecule has 28 heavy (non-hydrogen) atoms. The number of rotatable bonds is 9. The van der Waals surface area contributed by atoms with Crippen molar-refractivity contribution in [3.05, 3.63) is 53.1 Å². The molecule has 2 aromatic rings. The molecule has 2 rings (SSSR count). The summed E-state index contributed by atoms with van der Waals surface area (Å²) in [4.78, 5) is 25.8. The predicted octanol–water partition coefficient (Wildman–Crippen LogP) is 2.54. The molecule has 2 aromatic carbocycles. The van der Waals surface area contributed by atoms with Crippen molar-refractivity contribution in [3.8, 4) is 11.5 Å². The van der Waals surface area contributed by atoms with Gasteiger partial charge in [-0.1, -0.05) is 17.7 Å². The van der Waals surface area contributed by atoms with E-state index in [2.05, 4.69) is 10.6 Å². The lowest BCUT2D eigenvalue weighted by Gasteiger charge is -2.16. The van der Waals surface area contributed by atoms with Crippen LogP contribution >= 0.6 is 11.6 Å². The second-order valence-corrected chi connectivity index (χ2v) is 6.63. The van der Waals surface area contributed by atoms with E-state index in [1.54, 1.807) is 56.5 Å². The fraction of sp³-hybridized carbons (Fsp3) is 0.300. The van der Waals surface area contributed by atoms with Crippen molar-refractivity contribution in [2.75, 3.05) is 39.7 Å². The number of hydrogen-bond acceptors (Lipinski definition) is 5. The Morgan fingerprint density at radius 1 is 0.964 bits per heavy atom. The van der Waals surface area contributed by atoms with Crippen molar-refractivity contribution < 1.29 is 19.1 Å². The quantitative estimate of drug-likeness (QED) is 0.670. The predicted molar refractivity (Wildman–Crippen MR) is 109 cm³/mol. The van der Waals surface area contributed by atoms with E-state index < -0.39 is 0 Å². The Balaban J connectivity index is 1.77. The minimum atomic E-state index is -0.211. The molecule has 150 valence electrons. The van der Waals surface area contributed by atoms with Gasteiger partial charge in [0.05, 0.1) is 27.3 Å². The first-order valence-electron chi connectivity index (χ1n) is 8.63. The molecule has 0 heterocycles. The summed E-state index contributed by atoms with van der Waals surface area (Å²) >= 11 is 5.82. The molecule has 0 fully saturated rings. The Hall–Kier alpha value is -2.77. The summed E-state index contributed by atoms with van der Waals surface area (Å²) in [5.74, 6) is 0.836. The normalized spacial score (nSPS) is 10.5. The van der Waals surface area contributed by atoms with Gasteiger partial charge in [0.2, 0.25) is 11.8 Å². The van der Waals surface area contributed by atoms with Crippen LogP contribution < -0.4 is 20.1 Å². The highest BCUT2D eigenvalue weighted by Crippen LogP contribution is 2.27. The Kier molecular flexibility index (Phi) is 8.10. The molecule has 0 atom stereocenters. The van der Waals surface area contributed by atoms with Crippen LogP contribution in [0.4, 0.5) is 5.69 Å². The first kappa shape index (κ1) is 21.5. The molecule has 0 spiro atoms. The largest absolute Gasteiger partial charge is 0.493 e. The maximum absolute atomic E-state index is 12.1. The number of halogens is 1. The molecule has 0 aromatic heterocycles. The summed E-state index contributed by atoms with van der Waals surface area (Å²) in [7, 11) is 4.83. The van der Waals surface area contributed by atoms with Gasteiger partial charge in [-0.25, -0.2) is 0 Å². The Labute approximate surface area is 169 Å². The van der Waals surface area contributed by atoms with Crippen molar-refractivity contribution in [2.45, 2.75) is 6.54 Å². The zero-order valence-electron chi connectivity index (χ0n) is 16.1. The van der Waals surface area contributed by atoms with Gasteiger partial charge in [0, 0.05) is 17.3 Å². The minimum absolute atomic E-state index is 0.0897. The molecule has 8 heteroatoms. The third-order valence-corrected chi connectivity index (χ3v) is 4.14. The first-order valence-corrected chi connectivity index (χ1v) is 9.00. The number of nitrogens with zero attached hydrogens (tertiary/aromatic N) is 1. The van der Waals surface area contributed by atoms with Crippen molar-refractivity contribution in [1.82, 2.24) is 10.2 Å². The van der Waals surface area contributed by atoms with Gasteiger partial charge < -0.3 is 20.1 Å². The number of hydrogen-bond donors (Lipinski definition) is 2. The van der Waals surface area contributed by atoms with E-state index in [9.17, 15) is 9.59 Å². The van der Waals surface area contributed by atoms with Crippen LogP contribution in [0.3, 0.4) is 0 Å². The number of carbonyl (C=O) groups is 2. The summed E-state index contributed by atoms with van der Waals surface area (Å²) in [6.07, 6.45) is 0. The van der Waals surface area contributed by atoms with E-state index in [1.807, 2.05) is 12.1 Å². The second-order valence-electron chi connectivity index (χ2n) is 6.19. The fourth-order valence-electron chi connectivity index (χ4n) is 2.53. The van der Waals surface area contributed by atoms with Crippen LogP contribution in [0.25, 0.3) is 0 Å². The van der Waals surface area contributed by atoms with Crippen LogP contribution in [0.15, 0.2) is 42.5 Å². The highest BCUT2D eigenvalue weighted by atomic mass is 35.5. The van der Waals surface area contributed by atoms with Gasteiger partial charge in [0.25, 0.3) is 0 Å². The number of anilines is 1. The molecule has 2 N–H and O–H groups in total. The molecular weight excluding hydrogens is 382 g/mol. The van der Waals surface area contributed by atoms with Gasteiger partial charge in [-0.3, -0.25) is 14.5 Å². The number of methoxy groups -OCH3 is 2. The van der Waals surface area contributed by atoms with Gasteiger partial charge in [-0.05, 0) is 49.0 Å². The molecule has 0 unspecified atom stereocenters. The molecule has 0 saturated carbocycles. The number of nitrogens with one attached hydrogen (secondary N) is 2. The van der Waals surface area contributed by atoms with Crippen molar-refractivity contribution in [2.24, 2.45) is 0 Å². The molecule has 2 amide bonds. The molecule has 0 bridgehead atoms. The lowest BCUT2D eigenvalue weighted by atomic mass is 10.2. The third-order valence-electron chi connectivity index (χ3n) is 3.89. The van der Waals surface area contributed by atoms with Crippen LogP contribution in [0.5, 0.6) is 11.5 Å². The van der Waals surface area contributed by atoms with E-state index >= 15 is 0 Å². The standard InChI is InChI=1S/C20H24ClN3O4/c1-24(13-20(26)23-16-7-5-15(21)6-8-16)12-19(25)22-11-14-4-9-17(27-2)18(10-14)28-3/h4-10H,11-13H2,1-3H3,(H,22,25)(H,23,26). The molecule has 0 saturated heterocycles. The third kappa shape index (κ3) is 6.75. The molecule has 0 aliphatic carbocycles. The summed E-state index contributed by atoms with van der Waals surface area (Å²) < 4.78 is 10.4. The second kappa shape index (κ2) is 10.5. The van der Waals surface area contributed by atoms with Crippen LogP contribution in [-0.2, 0) is 16.1 Å². The number of carbonyl (C=O) groups excluding carboxylic acids is 2. The lowest BCUT2D eigenvalue weighted by Crippen LogP contribution is -2.38. The number of benzene rings is 2. The molecule has 0 aliphatic rings. The molecule has 7 nitrogen and oxygen atoms in total. The molecule has 0 radical (unpaired) electrons. The molecular formula is C20H24ClN3O4. The van der Waals surface area contributed by atoms with Gasteiger partial charge in [0.15, 0.2) is 11.5 Å². The van der Waals surface area contributed by atoms with Crippen molar-refractivity contribution in [3.63, 3.8) is 0 Å².